The Morgan fingerprint density at radius 3 is 3.07 bits per heavy atom. The van der Waals surface area contributed by atoms with Crippen LogP contribution in [0.4, 0.5) is 0 Å². The molecule has 14 heavy (non-hydrogen) atoms. The fourth-order valence-electron chi connectivity index (χ4n) is 1.60. The predicted octanol–water partition coefficient (Wildman–Crippen LogP) is 0.597. The number of carboxylic acid groups (broad SMARTS) is 1. The van der Waals surface area contributed by atoms with Gasteiger partial charge >= 0.3 is 5.97 Å². The van der Waals surface area contributed by atoms with Crippen molar-refractivity contribution in [1.82, 2.24) is 0 Å². The molecule has 1 unspecified atom stereocenters. The molecule has 0 aromatic rings. The van der Waals surface area contributed by atoms with E-state index in [1.165, 1.54) is 12.2 Å². The standard InChI is InChI=1S/C10H9NO3/c12-9-3-4-11-8-5-6(10(13)14)1-2-7(8)9/h1-2,5,7H,3-4H2,(H,13,14). The maximum atomic E-state index is 11.4. The van der Waals surface area contributed by atoms with Crippen molar-refractivity contribution in [1.29, 1.82) is 0 Å². The minimum Gasteiger partial charge on any atom is -0.478 e. The van der Waals surface area contributed by atoms with Crippen LogP contribution in [0.1, 0.15) is 6.42 Å². The van der Waals surface area contributed by atoms with Gasteiger partial charge in [0.1, 0.15) is 5.78 Å². The van der Waals surface area contributed by atoms with Crippen molar-refractivity contribution in [3.63, 3.8) is 0 Å². The zero-order valence-electron chi connectivity index (χ0n) is 7.43. The van der Waals surface area contributed by atoms with Gasteiger partial charge < -0.3 is 5.11 Å². The first-order valence-electron chi connectivity index (χ1n) is 4.39. The van der Waals surface area contributed by atoms with Gasteiger partial charge in [0.25, 0.3) is 0 Å². The molecule has 0 spiro atoms. The van der Waals surface area contributed by atoms with Gasteiger partial charge in [0.2, 0.25) is 0 Å². The van der Waals surface area contributed by atoms with Crippen LogP contribution in [0.2, 0.25) is 0 Å². The highest BCUT2D eigenvalue weighted by Crippen LogP contribution is 2.20. The van der Waals surface area contributed by atoms with Gasteiger partial charge in [0.15, 0.2) is 0 Å². The molecule has 2 rings (SSSR count). The van der Waals surface area contributed by atoms with E-state index in [1.54, 1.807) is 6.08 Å². The summed E-state index contributed by atoms with van der Waals surface area (Å²) in [6.07, 6.45) is 5.01. The average Bonchev–Trinajstić information content (AvgIpc) is 2.17. The lowest BCUT2D eigenvalue weighted by Crippen LogP contribution is -2.28. The van der Waals surface area contributed by atoms with E-state index >= 15 is 0 Å². The number of carboxylic acids is 1. The molecule has 4 heteroatoms. The van der Waals surface area contributed by atoms with E-state index in [0.29, 0.717) is 18.7 Å². The molecule has 0 saturated carbocycles. The van der Waals surface area contributed by atoms with Gasteiger partial charge in [0.05, 0.1) is 11.5 Å². The van der Waals surface area contributed by atoms with Crippen molar-refractivity contribution in [3.05, 3.63) is 23.8 Å². The van der Waals surface area contributed by atoms with Gasteiger partial charge in [0, 0.05) is 18.7 Å². The quantitative estimate of drug-likeness (QED) is 0.659. The molecule has 1 heterocycles. The number of aliphatic imine (C=N–C) groups is 1. The largest absolute Gasteiger partial charge is 0.478 e. The number of hydrogen-bond donors (Lipinski definition) is 1. The summed E-state index contributed by atoms with van der Waals surface area (Å²) in [5.41, 5.74) is 0.774. The van der Waals surface area contributed by atoms with E-state index in [9.17, 15) is 9.59 Å². The van der Waals surface area contributed by atoms with Crippen LogP contribution >= 0.6 is 0 Å². The molecule has 0 aromatic heterocycles. The fourth-order valence-corrected chi connectivity index (χ4v) is 1.60. The summed E-state index contributed by atoms with van der Waals surface area (Å²) in [6, 6.07) is 0. The maximum absolute atomic E-state index is 11.4. The summed E-state index contributed by atoms with van der Waals surface area (Å²) in [7, 11) is 0. The molecule has 0 fully saturated rings. The number of carbonyl (C=O) groups excluding carboxylic acids is 1. The number of hydrogen-bond acceptors (Lipinski definition) is 3. The van der Waals surface area contributed by atoms with E-state index in [1.807, 2.05) is 0 Å². The van der Waals surface area contributed by atoms with E-state index in [4.69, 9.17) is 5.11 Å². The molecular formula is C10H9NO3. The van der Waals surface area contributed by atoms with Crippen LogP contribution in [0, 0.1) is 5.92 Å². The number of ketones is 1. The van der Waals surface area contributed by atoms with Gasteiger partial charge in [-0.3, -0.25) is 9.79 Å². The normalized spacial score (nSPS) is 25.1. The average molecular weight is 191 g/mol. The summed E-state index contributed by atoms with van der Waals surface area (Å²) in [5, 5.41) is 8.73. The number of aliphatic carboxylic acids is 1. The lowest BCUT2D eigenvalue weighted by molar-refractivity contribution is -0.132. The molecule has 1 N–H and O–H groups in total. The molecule has 0 aromatic carbocycles. The number of allylic oxidation sites excluding steroid dienone is 2. The van der Waals surface area contributed by atoms with E-state index < -0.39 is 5.97 Å². The summed E-state index contributed by atoms with van der Waals surface area (Å²) >= 11 is 0. The van der Waals surface area contributed by atoms with Gasteiger partial charge in [-0.25, -0.2) is 4.79 Å². The summed E-state index contributed by atoms with van der Waals surface area (Å²) in [4.78, 5) is 26.2. The molecule has 0 bridgehead atoms. The second kappa shape index (κ2) is 3.21. The molecular weight excluding hydrogens is 182 g/mol. The predicted molar refractivity (Wildman–Crippen MR) is 50.3 cm³/mol. The third kappa shape index (κ3) is 1.39. The Kier molecular flexibility index (Phi) is 2.04. The highest BCUT2D eigenvalue weighted by molar-refractivity contribution is 6.17. The smallest absolute Gasteiger partial charge is 0.335 e. The third-order valence-electron chi connectivity index (χ3n) is 2.34. The second-order valence-electron chi connectivity index (χ2n) is 3.26. The SMILES string of the molecule is O=C(O)C1=CC2=NCCC(=O)C2C=C1. The summed E-state index contributed by atoms with van der Waals surface area (Å²) in [5.74, 6) is -1.18. The van der Waals surface area contributed by atoms with Crippen LogP contribution in [-0.4, -0.2) is 29.1 Å². The van der Waals surface area contributed by atoms with Crippen LogP contribution in [0.15, 0.2) is 28.8 Å². The van der Waals surface area contributed by atoms with Crippen LogP contribution in [0.3, 0.4) is 0 Å². The Labute approximate surface area is 80.6 Å². The van der Waals surface area contributed by atoms with Crippen LogP contribution in [0.5, 0.6) is 0 Å². The number of rotatable bonds is 1. The van der Waals surface area contributed by atoms with Gasteiger partial charge in [-0.05, 0) is 6.08 Å². The zero-order chi connectivity index (χ0) is 10.1. The topological polar surface area (TPSA) is 66.7 Å². The summed E-state index contributed by atoms with van der Waals surface area (Å²) in [6.45, 7) is 0.474. The zero-order valence-corrected chi connectivity index (χ0v) is 7.43. The first-order chi connectivity index (χ1) is 6.68. The van der Waals surface area contributed by atoms with Gasteiger partial charge in [-0.1, -0.05) is 12.2 Å². The molecule has 0 radical (unpaired) electrons. The highest BCUT2D eigenvalue weighted by atomic mass is 16.4. The van der Waals surface area contributed by atoms with Crippen LogP contribution in [-0.2, 0) is 9.59 Å². The first kappa shape index (κ1) is 8.87. The number of carbonyl (C=O) groups is 2. The van der Waals surface area contributed by atoms with Gasteiger partial charge in [-0.2, -0.15) is 0 Å². The molecule has 1 atom stereocenters. The summed E-state index contributed by atoms with van der Waals surface area (Å²) < 4.78 is 0. The number of Topliss-reactive ketones (excluding diaryl/α,β-unsaturated/α-hetero) is 1. The van der Waals surface area contributed by atoms with Gasteiger partial charge in [-0.15, -0.1) is 0 Å². The van der Waals surface area contributed by atoms with Crippen molar-refractivity contribution in [3.8, 4) is 0 Å². The van der Waals surface area contributed by atoms with E-state index in [0.717, 1.165) is 0 Å². The monoisotopic (exact) mass is 191 g/mol. The maximum Gasteiger partial charge on any atom is 0.335 e. The molecule has 1 aliphatic carbocycles. The van der Waals surface area contributed by atoms with Crippen molar-refractivity contribution < 1.29 is 14.7 Å². The van der Waals surface area contributed by atoms with Crippen LogP contribution in [0.25, 0.3) is 0 Å². The minimum absolute atomic E-state index is 0.118. The van der Waals surface area contributed by atoms with E-state index in [-0.39, 0.29) is 17.3 Å². The molecule has 0 amide bonds. The Bertz CT molecular complexity index is 390. The van der Waals surface area contributed by atoms with Crippen molar-refractivity contribution in [2.24, 2.45) is 10.9 Å². The Morgan fingerprint density at radius 1 is 1.57 bits per heavy atom. The van der Waals surface area contributed by atoms with Crippen molar-refractivity contribution in [2.45, 2.75) is 6.42 Å². The molecule has 1 aliphatic heterocycles. The lowest BCUT2D eigenvalue weighted by Gasteiger charge is -2.19. The Balaban J connectivity index is 2.35. The second-order valence-corrected chi connectivity index (χ2v) is 3.26. The highest BCUT2D eigenvalue weighted by Gasteiger charge is 2.27. The van der Waals surface area contributed by atoms with Crippen molar-refractivity contribution in [2.75, 3.05) is 6.54 Å². The number of fused-ring (bicyclic) bond motifs is 1. The minimum atomic E-state index is -0.986. The van der Waals surface area contributed by atoms with Crippen molar-refractivity contribution >= 4 is 17.5 Å². The Morgan fingerprint density at radius 2 is 2.36 bits per heavy atom. The molecule has 72 valence electrons. The molecule has 0 saturated heterocycles. The molecule has 2 aliphatic rings. The third-order valence-corrected chi connectivity index (χ3v) is 2.34. The molecule has 4 nitrogen and oxygen atoms in total. The lowest BCUT2D eigenvalue weighted by atomic mass is 9.88. The Hall–Kier alpha value is -1.71. The fraction of sp³-hybridized carbons (Fsp3) is 0.300. The first-order valence-corrected chi connectivity index (χ1v) is 4.39. The van der Waals surface area contributed by atoms with Crippen LogP contribution < -0.4 is 0 Å². The van der Waals surface area contributed by atoms with E-state index in [2.05, 4.69) is 4.99 Å². The number of nitrogens with zero attached hydrogens (tertiary/aromatic N) is 1.